The monoisotopic (exact) mass is 465 g/mol. The summed E-state index contributed by atoms with van der Waals surface area (Å²) in [6.07, 6.45) is 6.03. The van der Waals surface area contributed by atoms with Gasteiger partial charge in [-0.1, -0.05) is 25.1 Å². The molecule has 2 N–H and O–H groups in total. The number of pyridine rings is 1. The molecule has 0 spiro atoms. The minimum Gasteiger partial charge on any atom is -0.369 e. The van der Waals surface area contributed by atoms with E-state index in [0.29, 0.717) is 34.8 Å². The van der Waals surface area contributed by atoms with Crippen LogP contribution in [0.25, 0.3) is 22.2 Å². The Bertz CT molecular complexity index is 1280. The molecule has 10 heteroatoms. The van der Waals surface area contributed by atoms with Crippen LogP contribution in [0.5, 0.6) is 0 Å². The van der Waals surface area contributed by atoms with Crippen molar-refractivity contribution in [2.45, 2.75) is 19.8 Å². The van der Waals surface area contributed by atoms with Crippen LogP contribution < -0.4 is 10.6 Å². The standard InChI is InChI=1S/C23H22FN7O.H2S/c1-13(8-28-20-7-19(30-12-31-20)15-9-26-14(2)27-10-15)16-5-4-6-17-21(23(32)25-3)18(24)11-29-22(16)17;/h4-7,9-13H,8H2,1-3H3,(H,25,32)(H,28,30,31);1H2/t13-;/m1./s1. The zero-order valence-corrected chi connectivity index (χ0v) is 19.4. The van der Waals surface area contributed by atoms with Crippen molar-refractivity contribution >= 4 is 36.1 Å². The fourth-order valence-corrected chi connectivity index (χ4v) is 3.48. The van der Waals surface area contributed by atoms with Gasteiger partial charge in [-0.25, -0.2) is 24.3 Å². The highest BCUT2D eigenvalue weighted by Crippen LogP contribution is 2.28. The van der Waals surface area contributed by atoms with Crippen LogP contribution in [0.4, 0.5) is 10.2 Å². The van der Waals surface area contributed by atoms with Crippen LogP contribution in [0.1, 0.15) is 34.6 Å². The normalized spacial score (nSPS) is 11.5. The molecule has 3 heterocycles. The lowest BCUT2D eigenvalue weighted by atomic mass is 9.96. The van der Waals surface area contributed by atoms with Gasteiger partial charge in [0, 0.05) is 48.9 Å². The predicted octanol–water partition coefficient (Wildman–Crippen LogP) is 3.62. The Balaban J connectivity index is 0.00000306. The fraction of sp³-hybridized carbons (Fsp3) is 0.217. The van der Waals surface area contributed by atoms with Crippen molar-refractivity contribution in [2.24, 2.45) is 0 Å². The molecule has 0 radical (unpaired) electrons. The van der Waals surface area contributed by atoms with E-state index in [0.717, 1.165) is 17.3 Å². The summed E-state index contributed by atoms with van der Waals surface area (Å²) in [5.74, 6) is 0.237. The van der Waals surface area contributed by atoms with Crippen molar-refractivity contribution in [1.29, 1.82) is 0 Å². The van der Waals surface area contributed by atoms with E-state index in [-0.39, 0.29) is 25.0 Å². The van der Waals surface area contributed by atoms with E-state index in [1.807, 2.05) is 32.0 Å². The Morgan fingerprint density at radius 3 is 2.58 bits per heavy atom. The number of hydrogen-bond donors (Lipinski definition) is 2. The first kappa shape index (κ1) is 24.0. The van der Waals surface area contributed by atoms with Crippen molar-refractivity contribution in [1.82, 2.24) is 30.2 Å². The van der Waals surface area contributed by atoms with E-state index >= 15 is 0 Å². The number of benzene rings is 1. The summed E-state index contributed by atoms with van der Waals surface area (Å²) in [5.41, 5.74) is 3.02. The van der Waals surface area contributed by atoms with Gasteiger partial charge in [0.1, 0.15) is 18.0 Å². The molecule has 8 nitrogen and oxygen atoms in total. The molecule has 0 fully saturated rings. The van der Waals surface area contributed by atoms with Gasteiger partial charge in [0.25, 0.3) is 5.91 Å². The topological polar surface area (TPSA) is 106 Å². The number of anilines is 1. The molecule has 3 aromatic heterocycles. The molecule has 0 saturated heterocycles. The van der Waals surface area contributed by atoms with Crippen molar-refractivity contribution in [3.63, 3.8) is 0 Å². The van der Waals surface area contributed by atoms with Crippen LogP contribution in [0.2, 0.25) is 0 Å². The van der Waals surface area contributed by atoms with E-state index in [1.165, 1.54) is 13.4 Å². The number of amides is 1. The summed E-state index contributed by atoms with van der Waals surface area (Å²) < 4.78 is 14.3. The van der Waals surface area contributed by atoms with Crippen LogP contribution in [0.15, 0.2) is 49.2 Å². The van der Waals surface area contributed by atoms with Crippen LogP contribution >= 0.6 is 13.5 Å². The van der Waals surface area contributed by atoms with Gasteiger partial charge in [0.05, 0.1) is 23.0 Å². The minimum atomic E-state index is -0.645. The first-order chi connectivity index (χ1) is 15.5. The molecule has 0 aliphatic carbocycles. The van der Waals surface area contributed by atoms with E-state index < -0.39 is 11.7 Å². The van der Waals surface area contributed by atoms with E-state index in [2.05, 4.69) is 35.6 Å². The van der Waals surface area contributed by atoms with Gasteiger partial charge >= 0.3 is 0 Å². The SMILES string of the molecule is CNC(=O)c1c(F)cnc2c([C@H](C)CNc3cc(-c4cnc(C)nc4)ncn3)cccc12.S. The maximum absolute atomic E-state index is 14.3. The van der Waals surface area contributed by atoms with Crippen LogP contribution in [0, 0.1) is 12.7 Å². The highest BCUT2D eigenvalue weighted by Gasteiger charge is 2.19. The maximum Gasteiger partial charge on any atom is 0.254 e. The molecule has 0 saturated carbocycles. The number of fused-ring (bicyclic) bond motifs is 1. The van der Waals surface area contributed by atoms with Gasteiger partial charge in [0.15, 0.2) is 5.82 Å². The lowest BCUT2D eigenvalue weighted by Gasteiger charge is -2.16. The Morgan fingerprint density at radius 2 is 1.85 bits per heavy atom. The lowest BCUT2D eigenvalue weighted by Crippen LogP contribution is -2.20. The molecule has 0 bridgehead atoms. The maximum atomic E-state index is 14.3. The summed E-state index contributed by atoms with van der Waals surface area (Å²) in [4.78, 5) is 33.5. The summed E-state index contributed by atoms with van der Waals surface area (Å²) >= 11 is 0. The number of aryl methyl sites for hydroxylation is 1. The second kappa shape index (κ2) is 10.3. The minimum absolute atomic E-state index is 0. The molecule has 170 valence electrons. The number of carbonyl (C=O) groups is 1. The Hall–Kier alpha value is -3.66. The highest BCUT2D eigenvalue weighted by atomic mass is 32.1. The zero-order chi connectivity index (χ0) is 22.7. The van der Waals surface area contributed by atoms with E-state index in [1.54, 1.807) is 18.5 Å². The summed E-state index contributed by atoms with van der Waals surface area (Å²) in [5, 5.41) is 6.29. The van der Waals surface area contributed by atoms with Gasteiger partial charge in [-0.05, 0) is 12.5 Å². The number of hydrogen-bond acceptors (Lipinski definition) is 7. The lowest BCUT2D eigenvalue weighted by molar-refractivity contribution is 0.0960. The number of halogens is 1. The quantitative estimate of drug-likeness (QED) is 0.448. The van der Waals surface area contributed by atoms with Gasteiger partial charge < -0.3 is 10.6 Å². The van der Waals surface area contributed by atoms with E-state index in [9.17, 15) is 9.18 Å². The van der Waals surface area contributed by atoms with Gasteiger partial charge in [-0.2, -0.15) is 13.5 Å². The fourth-order valence-electron chi connectivity index (χ4n) is 3.48. The zero-order valence-electron chi connectivity index (χ0n) is 18.4. The highest BCUT2D eigenvalue weighted by molar-refractivity contribution is 7.59. The number of carbonyl (C=O) groups excluding carboxylic acids is 1. The van der Waals surface area contributed by atoms with Crippen LogP contribution in [0.3, 0.4) is 0 Å². The van der Waals surface area contributed by atoms with Crippen molar-refractivity contribution in [3.8, 4) is 11.3 Å². The number of para-hydroxylation sites is 1. The molecule has 0 aliphatic heterocycles. The molecular formula is C23H24FN7OS. The molecule has 1 atom stereocenters. The molecular weight excluding hydrogens is 441 g/mol. The van der Waals surface area contributed by atoms with Crippen LogP contribution in [-0.2, 0) is 0 Å². The Labute approximate surface area is 197 Å². The Morgan fingerprint density at radius 1 is 1.09 bits per heavy atom. The third-order valence-electron chi connectivity index (χ3n) is 5.20. The van der Waals surface area contributed by atoms with Gasteiger partial charge in [0.2, 0.25) is 0 Å². The third-order valence-corrected chi connectivity index (χ3v) is 5.20. The predicted molar refractivity (Wildman–Crippen MR) is 130 cm³/mol. The van der Waals surface area contributed by atoms with Crippen molar-refractivity contribution < 1.29 is 9.18 Å². The molecule has 1 amide bonds. The summed E-state index contributed by atoms with van der Waals surface area (Å²) in [6, 6.07) is 7.28. The summed E-state index contributed by atoms with van der Waals surface area (Å²) in [7, 11) is 1.48. The average Bonchev–Trinajstić information content (AvgIpc) is 2.82. The second-order valence-corrected chi connectivity index (χ2v) is 7.39. The number of rotatable bonds is 6. The van der Waals surface area contributed by atoms with Gasteiger partial charge in [-0.3, -0.25) is 9.78 Å². The number of nitrogens with zero attached hydrogens (tertiary/aromatic N) is 5. The largest absolute Gasteiger partial charge is 0.369 e. The Kier molecular flexibility index (Phi) is 7.49. The smallest absolute Gasteiger partial charge is 0.254 e. The molecule has 4 rings (SSSR count). The average molecular weight is 466 g/mol. The molecule has 0 unspecified atom stereocenters. The molecule has 33 heavy (non-hydrogen) atoms. The number of aromatic nitrogens is 5. The summed E-state index contributed by atoms with van der Waals surface area (Å²) in [6.45, 7) is 4.41. The van der Waals surface area contributed by atoms with Crippen LogP contribution in [-0.4, -0.2) is 44.4 Å². The van der Waals surface area contributed by atoms with Gasteiger partial charge in [-0.15, -0.1) is 0 Å². The molecule has 4 aromatic rings. The van der Waals surface area contributed by atoms with E-state index in [4.69, 9.17) is 0 Å². The second-order valence-electron chi connectivity index (χ2n) is 7.39. The molecule has 0 aliphatic rings. The number of nitrogens with one attached hydrogen (secondary N) is 2. The first-order valence-corrected chi connectivity index (χ1v) is 10.1. The van der Waals surface area contributed by atoms with Crippen molar-refractivity contribution in [3.05, 3.63) is 72.0 Å². The van der Waals surface area contributed by atoms with Crippen molar-refractivity contribution in [2.75, 3.05) is 18.9 Å². The first-order valence-electron chi connectivity index (χ1n) is 10.1. The third kappa shape index (κ3) is 5.06. The molecule has 1 aromatic carbocycles.